The summed E-state index contributed by atoms with van der Waals surface area (Å²) < 4.78 is 7.44. The average Bonchev–Trinajstić information content (AvgIpc) is 3.25. The molecule has 3 aliphatic rings. The van der Waals surface area contributed by atoms with Crippen molar-refractivity contribution < 1.29 is 9.53 Å². The number of carbonyl (C=O) groups is 1. The molecule has 2 amide bonds. The van der Waals surface area contributed by atoms with E-state index in [9.17, 15) is 10.2 Å². The zero-order chi connectivity index (χ0) is 25.2. The summed E-state index contributed by atoms with van der Waals surface area (Å²) in [6.45, 7) is 5.49. The van der Waals surface area contributed by atoms with E-state index in [1.165, 1.54) is 5.56 Å². The molecule has 3 aliphatic heterocycles. The maximum Gasteiger partial charge on any atom is 0.317 e. The number of nitrogens with zero attached hydrogens (tertiary/aromatic N) is 4. The van der Waals surface area contributed by atoms with Crippen LogP contribution in [0, 0.1) is 12.3 Å². The van der Waals surface area contributed by atoms with Gasteiger partial charge in [0.05, 0.1) is 12.7 Å². The van der Waals surface area contributed by atoms with Gasteiger partial charge >= 0.3 is 6.03 Å². The predicted octanol–water partition coefficient (Wildman–Crippen LogP) is 3.19. The van der Waals surface area contributed by atoms with Gasteiger partial charge in [-0.15, -0.1) is 0 Å². The second kappa shape index (κ2) is 10.3. The van der Waals surface area contributed by atoms with Crippen molar-refractivity contribution >= 4 is 17.6 Å². The van der Waals surface area contributed by atoms with Crippen LogP contribution in [0.1, 0.15) is 36.9 Å². The summed E-state index contributed by atoms with van der Waals surface area (Å²) in [5.74, 6) is 0.490. The van der Waals surface area contributed by atoms with Crippen LogP contribution in [0.5, 0.6) is 0 Å². The number of aromatic nitrogens is 2. The molecule has 1 aromatic heterocycles. The van der Waals surface area contributed by atoms with Crippen LogP contribution < -0.4 is 15.5 Å². The Bertz CT molecular complexity index is 1180. The van der Waals surface area contributed by atoms with E-state index in [-0.39, 0.29) is 6.03 Å². The van der Waals surface area contributed by atoms with Gasteiger partial charge in [-0.25, -0.2) is 4.79 Å². The summed E-state index contributed by atoms with van der Waals surface area (Å²) >= 11 is 0. The Morgan fingerprint density at radius 1 is 1.19 bits per heavy atom. The largest absolute Gasteiger partial charge is 0.385 e. The number of urea groups is 1. The van der Waals surface area contributed by atoms with E-state index < -0.39 is 0 Å². The highest BCUT2D eigenvalue weighted by Gasteiger charge is 2.31. The van der Waals surface area contributed by atoms with E-state index in [4.69, 9.17) is 4.74 Å². The van der Waals surface area contributed by atoms with Gasteiger partial charge in [0.2, 0.25) is 0 Å². The number of ether oxygens (including phenoxy) is 1. The Hall–Kier alpha value is -3.33. The van der Waals surface area contributed by atoms with Crippen LogP contribution in [0.15, 0.2) is 35.7 Å². The van der Waals surface area contributed by atoms with E-state index in [0.29, 0.717) is 25.0 Å². The Morgan fingerprint density at radius 3 is 2.72 bits per heavy atom. The van der Waals surface area contributed by atoms with Crippen molar-refractivity contribution in [2.24, 2.45) is 7.05 Å². The maximum atomic E-state index is 12.5. The van der Waals surface area contributed by atoms with Crippen LogP contribution >= 0.6 is 0 Å². The van der Waals surface area contributed by atoms with E-state index in [1.807, 2.05) is 17.9 Å². The first-order valence-corrected chi connectivity index (χ1v) is 13.0. The molecule has 0 atom stereocenters. The van der Waals surface area contributed by atoms with Crippen LogP contribution in [-0.4, -0.2) is 72.5 Å². The summed E-state index contributed by atoms with van der Waals surface area (Å²) in [5.41, 5.74) is 7.81. The van der Waals surface area contributed by atoms with Gasteiger partial charge in [0.25, 0.3) is 0 Å². The number of amidine groups is 1. The SMILES string of the molecule is CNC(=O)N1CCC(NC2CCOCC2)=C(C(=N)N2CCCc3cc(-c4cnn(C)c4C)ccc32)C1. The fraction of sp³-hybridized carbons (Fsp3) is 0.519. The third kappa shape index (κ3) is 4.72. The number of hydrogen-bond acceptors (Lipinski definition) is 5. The average molecular weight is 492 g/mol. The lowest BCUT2D eigenvalue weighted by atomic mass is 9.95. The van der Waals surface area contributed by atoms with Crippen molar-refractivity contribution in [3.05, 3.63) is 46.9 Å². The molecule has 5 rings (SSSR count). The number of benzene rings is 1. The fourth-order valence-corrected chi connectivity index (χ4v) is 5.50. The number of nitrogens with one attached hydrogen (secondary N) is 3. The van der Waals surface area contributed by atoms with E-state index in [0.717, 1.165) is 85.6 Å². The van der Waals surface area contributed by atoms with Crippen LogP contribution in [-0.2, 0) is 18.2 Å². The Morgan fingerprint density at radius 2 is 2.00 bits per heavy atom. The minimum atomic E-state index is -0.0963. The molecule has 0 saturated carbocycles. The lowest BCUT2D eigenvalue weighted by Crippen LogP contribution is -2.48. The van der Waals surface area contributed by atoms with E-state index in [2.05, 4.69) is 45.8 Å². The van der Waals surface area contributed by atoms with Gasteiger partial charge in [0.15, 0.2) is 0 Å². The minimum absolute atomic E-state index is 0.0963. The first-order chi connectivity index (χ1) is 17.5. The smallest absolute Gasteiger partial charge is 0.317 e. The predicted molar refractivity (Wildman–Crippen MR) is 141 cm³/mol. The van der Waals surface area contributed by atoms with Gasteiger partial charge in [0.1, 0.15) is 5.84 Å². The Balaban J connectivity index is 1.45. The number of rotatable bonds is 4. The summed E-state index contributed by atoms with van der Waals surface area (Å²) in [7, 11) is 3.63. The highest BCUT2D eigenvalue weighted by atomic mass is 16.5. The first kappa shape index (κ1) is 24.4. The van der Waals surface area contributed by atoms with Gasteiger partial charge in [-0.1, -0.05) is 6.07 Å². The highest BCUT2D eigenvalue weighted by molar-refractivity contribution is 6.09. The van der Waals surface area contributed by atoms with Gasteiger partial charge in [-0.2, -0.15) is 5.10 Å². The molecule has 4 heterocycles. The number of hydrogen-bond donors (Lipinski definition) is 3. The summed E-state index contributed by atoms with van der Waals surface area (Å²) in [6, 6.07) is 6.80. The van der Waals surface area contributed by atoms with Crippen molar-refractivity contribution in [2.45, 2.75) is 45.1 Å². The molecule has 2 aromatic rings. The molecule has 0 bridgehead atoms. The number of amides is 2. The van der Waals surface area contributed by atoms with Crippen molar-refractivity contribution in [3.8, 4) is 11.1 Å². The molecule has 1 saturated heterocycles. The molecule has 1 aromatic carbocycles. The van der Waals surface area contributed by atoms with Crippen LogP contribution in [0.3, 0.4) is 0 Å². The molecule has 192 valence electrons. The number of carbonyl (C=O) groups excluding carboxylic acids is 1. The lowest BCUT2D eigenvalue weighted by molar-refractivity contribution is 0.0798. The molecule has 36 heavy (non-hydrogen) atoms. The molecule has 1 fully saturated rings. The third-order valence-electron chi connectivity index (χ3n) is 7.75. The quantitative estimate of drug-likeness (QED) is 0.451. The molecule has 0 radical (unpaired) electrons. The molecular formula is C27H37N7O2. The zero-order valence-corrected chi connectivity index (χ0v) is 21.6. The van der Waals surface area contributed by atoms with Gasteiger partial charge in [0, 0.05) is 81.1 Å². The van der Waals surface area contributed by atoms with Crippen LogP contribution in [0.25, 0.3) is 11.1 Å². The third-order valence-corrected chi connectivity index (χ3v) is 7.75. The Labute approximate surface area is 213 Å². The van der Waals surface area contributed by atoms with Crippen molar-refractivity contribution in [3.63, 3.8) is 0 Å². The first-order valence-electron chi connectivity index (χ1n) is 13.0. The number of fused-ring (bicyclic) bond motifs is 1. The second-order valence-electron chi connectivity index (χ2n) is 9.93. The number of anilines is 1. The van der Waals surface area contributed by atoms with Crippen LogP contribution in [0.4, 0.5) is 10.5 Å². The minimum Gasteiger partial charge on any atom is -0.385 e. The summed E-state index contributed by atoms with van der Waals surface area (Å²) in [6.07, 6.45) is 6.55. The van der Waals surface area contributed by atoms with Gasteiger partial charge in [-0.3, -0.25) is 10.1 Å². The van der Waals surface area contributed by atoms with Crippen molar-refractivity contribution in [1.29, 1.82) is 5.41 Å². The molecule has 0 unspecified atom stereocenters. The topological polar surface area (TPSA) is 98.5 Å². The monoisotopic (exact) mass is 491 g/mol. The van der Waals surface area contributed by atoms with E-state index >= 15 is 0 Å². The normalized spacial score (nSPS) is 18.8. The second-order valence-corrected chi connectivity index (χ2v) is 9.93. The molecule has 0 spiro atoms. The zero-order valence-electron chi connectivity index (χ0n) is 21.6. The van der Waals surface area contributed by atoms with Gasteiger partial charge in [-0.05, 0) is 55.9 Å². The van der Waals surface area contributed by atoms with E-state index in [1.54, 1.807) is 11.9 Å². The molecule has 9 nitrogen and oxygen atoms in total. The molecule has 0 aliphatic carbocycles. The molecular weight excluding hydrogens is 454 g/mol. The standard InChI is InChI=1S/C27H37N7O2/c1-18-22(16-30-32(18)3)19-6-7-25-20(15-19)5-4-11-34(25)26(28)23-17-33(27(35)29-2)12-8-24(23)31-21-9-13-36-14-10-21/h6-7,15-16,21,28,31H,4-5,8-14,17H2,1-3H3,(H,29,35). The lowest BCUT2D eigenvalue weighted by Gasteiger charge is -2.38. The fourth-order valence-electron chi connectivity index (χ4n) is 5.50. The summed E-state index contributed by atoms with van der Waals surface area (Å²) in [4.78, 5) is 16.4. The number of aryl methyl sites for hydroxylation is 2. The van der Waals surface area contributed by atoms with Crippen molar-refractivity contribution in [2.75, 3.05) is 44.8 Å². The summed E-state index contributed by atoms with van der Waals surface area (Å²) in [5, 5.41) is 20.2. The van der Waals surface area contributed by atoms with Crippen molar-refractivity contribution in [1.82, 2.24) is 25.3 Å². The van der Waals surface area contributed by atoms with Crippen LogP contribution in [0.2, 0.25) is 0 Å². The Kier molecular flexibility index (Phi) is 7.00. The molecule has 9 heteroatoms. The molecule has 3 N–H and O–H groups in total. The highest BCUT2D eigenvalue weighted by Crippen LogP contribution is 2.34. The van der Waals surface area contributed by atoms with Gasteiger partial charge < -0.3 is 25.2 Å². The maximum absolute atomic E-state index is 12.5.